The van der Waals surface area contributed by atoms with Gasteiger partial charge in [-0.25, -0.2) is 4.98 Å². The molecule has 0 saturated heterocycles. The summed E-state index contributed by atoms with van der Waals surface area (Å²) in [5, 5.41) is 0.626. The van der Waals surface area contributed by atoms with Gasteiger partial charge < -0.3 is 4.98 Å². The van der Waals surface area contributed by atoms with Crippen LogP contribution in [0.4, 0.5) is 0 Å². The van der Waals surface area contributed by atoms with E-state index in [1.807, 2.05) is 18.0 Å². The summed E-state index contributed by atoms with van der Waals surface area (Å²) in [5.41, 5.74) is 0. The monoisotopic (exact) mass is 170 g/mol. The van der Waals surface area contributed by atoms with Crippen molar-refractivity contribution in [2.24, 2.45) is 0 Å². The molecule has 1 aromatic rings. The summed E-state index contributed by atoms with van der Waals surface area (Å²) < 4.78 is 0. The Kier molecular flexibility index (Phi) is 3.00. The zero-order chi connectivity index (χ0) is 8.27. The Morgan fingerprint density at radius 3 is 2.73 bits per heavy atom. The van der Waals surface area contributed by atoms with Crippen LogP contribution < -0.4 is 0 Å². The van der Waals surface area contributed by atoms with E-state index in [1.54, 1.807) is 6.20 Å². The summed E-state index contributed by atoms with van der Waals surface area (Å²) in [6, 6.07) is 0. The molecule has 0 aliphatic rings. The van der Waals surface area contributed by atoms with Crippen molar-refractivity contribution >= 4 is 11.8 Å². The van der Waals surface area contributed by atoms with E-state index >= 15 is 0 Å². The molecule has 62 valence electrons. The van der Waals surface area contributed by atoms with E-state index in [0.717, 1.165) is 5.82 Å². The number of nitrogens with zero attached hydrogens (tertiary/aromatic N) is 1. The van der Waals surface area contributed by atoms with Gasteiger partial charge in [-0.15, -0.1) is 0 Å². The third kappa shape index (κ3) is 1.99. The molecule has 2 nitrogen and oxygen atoms in total. The number of H-pyrrole nitrogens is 1. The molecule has 1 aromatic heterocycles. The first-order chi connectivity index (χ1) is 5.25. The van der Waals surface area contributed by atoms with Gasteiger partial charge in [-0.2, -0.15) is 11.8 Å². The number of hydrogen-bond acceptors (Lipinski definition) is 2. The minimum atomic E-state index is 0.514. The maximum atomic E-state index is 4.22. The number of aromatic amines is 1. The number of aromatic nitrogens is 2. The van der Waals surface area contributed by atoms with Gasteiger partial charge >= 0.3 is 0 Å². The smallest absolute Gasteiger partial charge is 0.109 e. The summed E-state index contributed by atoms with van der Waals surface area (Å²) >= 11 is 1.87. The van der Waals surface area contributed by atoms with Gasteiger partial charge in [0, 0.05) is 23.6 Å². The molecule has 11 heavy (non-hydrogen) atoms. The first kappa shape index (κ1) is 8.65. The summed E-state index contributed by atoms with van der Waals surface area (Å²) in [6.45, 7) is 4.41. The molecule has 0 saturated carbocycles. The summed E-state index contributed by atoms with van der Waals surface area (Å²) in [5.74, 6) is 1.60. The van der Waals surface area contributed by atoms with Crippen LogP contribution in [0, 0.1) is 0 Å². The average Bonchev–Trinajstić information content (AvgIpc) is 2.53. The maximum absolute atomic E-state index is 4.22. The van der Waals surface area contributed by atoms with Gasteiger partial charge in [0.25, 0.3) is 0 Å². The van der Waals surface area contributed by atoms with Crippen molar-refractivity contribution in [3.8, 4) is 0 Å². The number of rotatable bonds is 3. The fourth-order valence-corrected chi connectivity index (χ4v) is 1.49. The highest BCUT2D eigenvalue weighted by Crippen LogP contribution is 2.23. The minimum Gasteiger partial charge on any atom is -0.348 e. The maximum Gasteiger partial charge on any atom is 0.109 e. The Balaban J connectivity index is 2.62. The summed E-state index contributed by atoms with van der Waals surface area (Å²) in [7, 11) is 0. The molecule has 0 spiro atoms. The lowest BCUT2D eigenvalue weighted by atomic mass is 10.1. The lowest BCUT2D eigenvalue weighted by molar-refractivity contribution is 0.705. The molecule has 0 radical (unpaired) electrons. The average molecular weight is 170 g/mol. The fraction of sp³-hybridized carbons (Fsp3) is 0.625. The zero-order valence-electron chi connectivity index (χ0n) is 7.16. The van der Waals surface area contributed by atoms with Crippen LogP contribution in [0.5, 0.6) is 0 Å². The summed E-state index contributed by atoms with van der Waals surface area (Å²) in [4.78, 5) is 7.34. The fourth-order valence-electron chi connectivity index (χ4n) is 0.953. The van der Waals surface area contributed by atoms with Crippen LogP contribution in [0.3, 0.4) is 0 Å². The second-order valence-corrected chi connectivity index (χ2v) is 3.92. The largest absolute Gasteiger partial charge is 0.348 e. The van der Waals surface area contributed by atoms with Gasteiger partial charge in [-0.05, 0) is 6.26 Å². The predicted molar refractivity (Wildman–Crippen MR) is 50.0 cm³/mol. The molecular formula is C8H14N2S. The van der Waals surface area contributed by atoms with Crippen LogP contribution in [0.15, 0.2) is 12.4 Å². The Labute approximate surface area is 71.8 Å². The van der Waals surface area contributed by atoms with Crippen molar-refractivity contribution in [2.75, 3.05) is 6.26 Å². The molecular weight excluding hydrogens is 156 g/mol. The number of nitrogens with one attached hydrogen (secondary N) is 1. The number of hydrogen-bond donors (Lipinski definition) is 1. The quantitative estimate of drug-likeness (QED) is 0.753. The Bertz CT molecular complexity index is 196. The van der Waals surface area contributed by atoms with E-state index in [2.05, 4.69) is 30.1 Å². The number of thioether (sulfide) groups is 1. The van der Waals surface area contributed by atoms with Gasteiger partial charge in [0.2, 0.25) is 0 Å². The van der Waals surface area contributed by atoms with E-state index in [-0.39, 0.29) is 0 Å². The molecule has 3 heteroatoms. The first-order valence-corrected chi connectivity index (χ1v) is 5.06. The van der Waals surface area contributed by atoms with Crippen molar-refractivity contribution < 1.29 is 0 Å². The van der Waals surface area contributed by atoms with Crippen molar-refractivity contribution in [3.63, 3.8) is 0 Å². The Morgan fingerprint density at radius 1 is 1.55 bits per heavy atom. The van der Waals surface area contributed by atoms with Crippen LogP contribution in [-0.2, 0) is 0 Å². The molecule has 0 amide bonds. The standard InChI is InChI=1S/C8H14N2S/c1-6(7(2)11-3)8-9-4-5-10-8/h4-7H,1-3H3,(H,9,10). The van der Waals surface area contributed by atoms with Gasteiger partial charge in [0.05, 0.1) is 0 Å². The first-order valence-electron chi connectivity index (χ1n) is 3.77. The summed E-state index contributed by atoms with van der Waals surface area (Å²) in [6.07, 6.45) is 5.81. The third-order valence-electron chi connectivity index (χ3n) is 2.03. The van der Waals surface area contributed by atoms with E-state index in [0.29, 0.717) is 11.2 Å². The van der Waals surface area contributed by atoms with Crippen LogP contribution in [0.25, 0.3) is 0 Å². The molecule has 0 fully saturated rings. The molecule has 1 N–H and O–H groups in total. The van der Waals surface area contributed by atoms with E-state index in [4.69, 9.17) is 0 Å². The van der Waals surface area contributed by atoms with Crippen molar-refractivity contribution in [1.29, 1.82) is 0 Å². The molecule has 1 heterocycles. The minimum absolute atomic E-state index is 0.514. The third-order valence-corrected chi connectivity index (χ3v) is 3.18. The predicted octanol–water partition coefficient (Wildman–Crippen LogP) is 2.26. The van der Waals surface area contributed by atoms with Crippen molar-refractivity contribution in [3.05, 3.63) is 18.2 Å². The van der Waals surface area contributed by atoms with E-state index < -0.39 is 0 Å². The normalized spacial score (nSPS) is 16.3. The topological polar surface area (TPSA) is 28.7 Å². The number of imidazole rings is 1. The second-order valence-electron chi connectivity index (χ2n) is 2.70. The van der Waals surface area contributed by atoms with Crippen LogP contribution in [0.2, 0.25) is 0 Å². The Hall–Kier alpha value is -0.440. The zero-order valence-corrected chi connectivity index (χ0v) is 7.98. The van der Waals surface area contributed by atoms with Crippen LogP contribution in [-0.4, -0.2) is 21.5 Å². The van der Waals surface area contributed by atoms with Gasteiger partial charge in [0.1, 0.15) is 5.82 Å². The highest BCUT2D eigenvalue weighted by molar-refractivity contribution is 7.99. The van der Waals surface area contributed by atoms with Gasteiger partial charge in [0.15, 0.2) is 0 Å². The SMILES string of the molecule is CSC(C)C(C)c1ncc[nH]1. The lowest BCUT2D eigenvalue weighted by Crippen LogP contribution is -2.09. The van der Waals surface area contributed by atoms with Crippen LogP contribution >= 0.6 is 11.8 Å². The van der Waals surface area contributed by atoms with Crippen molar-refractivity contribution in [1.82, 2.24) is 9.97 Å². The van der Waals surface area contributed by atoms with E-state index in [1.165, 1.54) is 0 Å². The lowest BCUT2D eigenvalue weighted by Gasteiger charge is -2.14. The van der Waals surface area contributed by atoms with Gasteiger partial charge in [-0.1, -0.05) is 13.8 Å². The second kappa shape index (κ2) is 3.81. The molecule has 0 aliphatic heterocycles. The molecule has 2 atom stereocenters. The van der Waals surface area contributed by atoms with E-state index in [9.17, 15) is 0 Å². The van der Waals surface area contributed by atoms with Crippen LogP contribution in [0.1, 0.15) is 25.6 Å². The molecule has 0 bridgehead atoms. The molecule has 2 unspecified atom stereocenters. The molecule has 0 aliphatic carbocycles. The highest BCUT2D eigenvalue weighted by Gasteiger charge is 2.14. The highest BCUT2D eigenvalue weighted by atomic mass is 32.2. The Morgan fingerprint density at radius 2 is 2.27 bits per heavy atom. The molecule has 0 aromatic carbocycles. The van der Waals surface area contributed by atoms with Gasteiger partial charge in [-0.3, -0.25) is 0 Å². The van der Waals surface area contributed by atoms with Crippen molar-refractivity contribution in [2.45, 2.75) is 25.0 Å². The molecule has 1 rings (SSSR count).